The zero-order valence-corrected chi connectivity index (χ0v) is 11.4. The minimum absolute atomic E-state index is 0.0471. The minimum Gasteiger partial charge on any atom is -0.346 e. The lowest BCUT2D eigenvalue weighted by Gasteiger charge is -2.22. The summed E-state index contributed by atoms with van der Waals surface area (Å²) in [5, 5.41) is 6.19. The Kier molecular flexibility index (Phi) is 4.30. The molecule has 1 aromatic rings. The van der Waals surface area contributed by atoms with Crippen molar-refractivity contribution in [2.45, 2.75) is 31.6 Å². The molecule has 108 valence electrons. The van der Waals surface area contributed by atoms with Crippen molar-refractivity contribution in [2.75, 3.05) is 25.1 Å². The summed E-state index contributed by atoms with van der Waals surface area (Å²) in [4.78, 5) is 12.1. The van der Waals surface area contributed by atoms with Crippen LogP contribution in [-0.2, 0) is 14.3 Å². The smallest absolute Gasteiger partial charge is 0.241 e. The third-order valence-corrected chi connectivity index (χ3v) is 3.70. The van der Waals surface area contributed by atoms with Gasteiger partial charge in [0.1, 0.15) is 0 Å². The maximum Gasteiger partial charge on any atom is 0.241 e. The zero-order valence-electron chi connectivity index (χ0n) is 11.4. The van der Waals surface area contributed by atoms with Gasteiger partial charge >= 0.3 is 0 Å². The molecule has 3 rings (SSSR count). The van der Waals surface area contributed by atoms with Crippen LogP contribution in [0.5, 0.6) is 0 Å². The molecule has 1 atom stereocenters. The number of piperidine rings is 1. The predicted octanol–water partition coefficient (Wildman–Crippen LogP) is 1.81. The molecule has 2 N–H and O–H groups in total. The first-order valence-corrected chi connectivity index (χ1v) is 7.20. The molecule has 0 radical (unpaired) electrons. The Morgan fingerprint density at radius 2 is 1.90 bits per heavy atom. The van der Waals surface area contributed by atoms with E-state index in [1.54, 1.807) is 0 Å². The van der Waals surface area contributed by atoms with E-state index in [2.05, 4.69) is 10.6 Å². The van der Waals surface area contributed by atoms with E-state index >= 15 is 0 Å². The lowest BCUT2D eigenvalue weighted by Crippen LogP contribution is -2.43. The van der Waals surface area contributed by atoms with Crippen LogP contribution in [0.2, 0.25) is 0 Å². The van der Waals surface area contributed by atoms with Gasteiger partial charge in [-0.2, -0.15) is 0 Å². The molecule has 5 nitrogen and oxygen atoms in total. The zero-order chi connectivity index (χ0) is 13.8. The maximum atomic E-state index is 12.1. The summed E-state index contributed by atoms with van der Waals surface area (Å²) in [7, 11) is 0. The van der Waals surface area contributed by atoms with Gasteiger partial charge < -0.3 is 20.1 Å². The van der Waals surface area contributed by atoms with E-state index in [1.807, 2.05) is 24.3 Å². The molecule has 20 heavy (non-hydrogen) atoms. The molecule has 1 aromatic carbocycles. The van der Waals surface area contributed by atoms with E-state index in [0.29, 0.717) is 13.2 Å². The molecule has 2 saturated heterocycles. The lowest BCUT2D eigenvalue weighted by molar-refractivity contribution is -0.118. The summed E-state index contributed by atoms with van der Waals surface area (Å²) in [5.74, 6) is 0.0471. The average molecular weight is 276 g/mol. The van der Waals surface area contributed by atoms with E-state index in [-0.39, 0.29) is 18.2 Å². The van der Waals surface area contributed by atoms with Crippen molar-refractivity contribution in [2.24, 2.45) is 0 Å². The number of rotatable bonds is 3. The van der Waals surface area contributed by atoms with Crippen LogP contribution in [0.25, 0.3) is 0 Å². The Bertz CT molecular complexity index is 449. The van der Waals surface area contributed by atoms with Gasteiger partial charge in [0.2, 0.25) is 5.91 Å². The standard InChI is InChI=1S/C15H20N2O3/c18-14(13-3-1-2-8-16-13)17-12-6-4-11(5-7-12)15-19-9-10-20-15/h4-7,13,15-16H,1-3,8-10H2,(H,17,18)/t13-/m1/s1. The SMILES string of the molecule is O=C(Nc1ccc(C2OCCO2)cc1)[C@H]1CCCCN1. The highest BCUT2D eigenvalue weighted by atomic mass is 16.7. The fraction of sp³-hybridized carbons (Fsp3) is 0.533. The number of hydrogen-bond donors (Lipinski definition) is 2. The molecule has 0 bridgehead atoms. The van der Waals surface area contributed by atoms with Crippen LogP contribution >= 0.6 is 0 Å². The molecular formula is C15H20N2O3. The van der Waals surface area contributed by atoms with E-state index in [9.17, 15) is 4.79 Å². The fourth-order valence-electron chi connectivity index (χ4n) is 2.58. The van der Waals surface area contributed by atoms with Crippen molar-refractivity contribution >= 4 is 11.6 Å². The minimum atomic E-state index is -0.264. The Morgan fingerprint density at radius 3 is 2.55 bits per heavy atom. The number of amides is 1. The third kappa shape index (κ3) is 3.17. The van der Waals surface area contributed by atoms with Gasteiger partial charge in [0.15, 0.2) is 6.29 Å². The molecule has 0 aliphatic carbocycles. The first kappa shape index (κ1) is 13.5. The largest absolute Gasteiger partial charge is 0.346 e. The molecule has 2 heterocycles. The van der Waals surface area contributed by atoms with Gasteiger partial charge in [-0.25, -0.2) is 0 Å². The van der Waals surface area contributed by atoms with E-state index < -0.39 is 0 Å². The highest BCUT2D eigenvalue weighted by Crippen LogP contribution is 2.24. The molecule has 0 spiro atoms. The van der Waals surface area contributed by atoms with Crippen LogP contribution in [-0.4, -0.2) is 31.7 Å². The molecule has 0 aromatic heterocycles. The van der Waals surface area contributed by atoms with Crippen LogP contribution in [0, 0.1) is 0 Å². The summed E-state index contributed by atoms with van der Waals surface area (Å²) >= 11 is 0. The molecule has 5 heteroatoms. The summed E-state index contributed by atoms with van der Waals surface area (Å²) in [6.07, 6.45) is 2.91. The summed E-state index contributed by atoms with van der Waals surface area (Å²) in [6, 6.07) is 7.58. The van der Waals surface area contributed by atoms with Crippen molar-refractivity contribution in [3.05, 3.63) is 29.8 Å². The van der Waals surface area contributed by atoms with Crippen LogP contribution < -0.4 is 10.6 Å². The third-order valence-electron chi connectivity index (χ3n) is 3.70. The van der Waals surface area contributed by atoms with Gasteiger partial charge in [0.05, 0.1) is 19.3 Å². The van der Waals surface area contributed by atoms with Gasteiger partial charge in [0.25, 0.3) is 0 Å². The Morgan fingerprint density at radius 1 is 1.15 bits per heavy atom. The predicted molar refractivity (Wildman–Crippen MR) is 75.4 cm³/mol. The molecule has 2 aliphatic rings. The first-order valence-electron chi connectivity index (χ1n) is 7.20. The summed E-state index contributed by atoms with van der Waals surface area (Å²) in [6.45, 7) is 2.19. The van der Waals surface area contributed by atoms with Gasteiger partial charge in [-0.1, -0.05) is 18.6 Å². The van der Waals surface area contributed by atoms with Crippen LogP contribution in [0.3, 0.4) is 0 Å². The van der Waals surface area contributed by atoms with E-state index in [4.69, 9.17) is 9.47 Å². The highest BCUT2D eigenvalue weighted by Gasteiger charge is 2.21. The fourth-order valence-corrected chi connectivity index (χ4v) is 2.58. The summed E-state index contributed by atoms with van der Waals surface area (Å²) < 4.78 is 10.9. The Labute approximate surface area is 118 Å². The van der Waals surface area contributed by atoms with Crippen molar-refractivity contribution in [1.29, 1.82) is 0 Å². The number of nitrogens with one attached hydrogen (secondary N) is 2. The van der Waals surface area contributed by atoms with E-state index in [1.165, 1.54) is 0 Å². The van der Waals surface area contributed by atoms with Crippen LogP contribution in [0.4, 0.5) is 5.69 Å². The normalized spacial score (nSPS) is 23.7. The Hall–Kier alpha value is -1.43. The molecule has 1 amide bonds. The lowest BCUT2D eigenvalue weighted by atomic mass is 10.0. The molecular weight excluding hydrogens is 256 g/mol. The maximum absolute atomic E-state index is 12.1. The number of carbonyl (C=O) groups excluding carboxylic acids is 1. The number of hydrogen-bond acceptors (Lipinski definition) is 4. The van der Waals surface area contributed by atoms with Crippen molar-refractivity contribution in [3.63, 3.8) is 0 Å². The Balaban J connectivity index is 1.58. The number of ether oxygens (including phenoxy) is 2. The van der Waals surface area contributed by atoms with Crippen molar-refractivity contribution < 1.29 is 14.3 Å². The van der Waals surface area contributed by atoms with Gasteiger partial charge in [-0.3, -0.25) is 4.79 Å². The monoisotopic (exact) mass is 276 g/mol. The molecule has 2 aliphatic heterocycles. The highest BCUT2D eigenvalue weighted by molar-refractivity contribution is 5.94. The van der Waals surface area contributed by atoms with Crippen molar-refractivity contribution in [1.82, 2.24) is 5.32 Å². The second kappa shape index (κ2) is 6.35. The quantitative estimate of drug-likeness (QED) is 0.884. The van der Waals surface area contributed by atoms with E-state index in [0.717, 1.165) is 37.1 Å². The van der Waals surface area contributed by atoms with Crippen LogP contribution in [0.1, 0.15) is 31.1 Å². The van der Waals surface area contributed by atoms with Gasteiger partial charge in [-0.05, 0) is 31.5 Å². The number of benzene rings is 1. The van der Waals surface area contributed by atoms with Gasteiger partial charge in [-0.15, -0.1) is 0 Å². The van der Waals surface area contributed by atoms with Crippen molar-refractivity contribution in [3.8, 4) is 0 Å². The average Bonchev–Trinajstić information content (AvgIpc) is 3.03. The molecule has 0 saturated carbocycles. The second-order valence-corrected chi connectivity index (χ2v) is 5.19. The topological polar surface area (TPSA) is 59.6 Å². The number of carbonyl (C=O) groups is 1. The first-order chi connectivity index (χ1) is 9.83. The van der Waals surface area contributed by atoms with Gasteiger partial charge in [0, 0.05) is 11.3 Å². The molecule has 0 unspecified atom stereocenters. The second-order valence-electron chi connectivity index (χ2n) is 5.19. The molecule has 2 fully saturated rings. The number of anilines is 1. The summed E-state index contributed by atoms with van der Waals surface area (Å²) in [5.41, 5.74) is 1.79. The van der Waals surface area contributed by atoms with Crippen LogP contribution in [0.15, 0.2) is 24.3 Å².